The number of nitrogens with one attached hydrogen (secondary N) is 1. The fourth-order valence-electron chi connectivity index (χ4n) is 4.34. The van der Waals surface area contributed by atoms with E-state index in [1.807, 2.05) is 75.4 Å². The van der Waals surface area contributed by atoms with E-state index in [0.29, 0.717) is 5.75 Å². The predicted molar refractivity (Wildman–Crippen MR) is 154 cm³/mol. The number of para-hydroxylation sites is 2. The summed E-state index contributed by atoms with van der Waals surface area (Å²) in [5.74, 6) is -0.493. The Balaban J connectivity index is 2.09. The second-order valence-corrected chi connectivity index (χ2v) is 11.7. The molecule has 3 aromatic rings. The van der Waals surface area contributed by atoms with E-state index in [0.717, 1.165) is 27.3 Å². The van der Waals surface area contributed by atoms with Crippen molar-refractivity contribution in [1.82, 2.24) is 10.2 Å². The Morgan fingerprint density at radius 3 is 2.15 bits per heavy atom. The Morgan fingerprint density at radius 1 is 0.923 bits per heavy atom. The molecule has 0 bridgehead atoms. The average Bonchev–Trinajstić information content (AvgIpc) is 2.89. The molecule has 0 saturated carbocycles. The summed E-state index contributed by atoms with van der Waals surface area (Å²) in [5, 5.41) is 2.95. The first-order chi connectivity index (χ1) is 18.5. The minimum atomic E-state index is -3.88. The minimum absolute atomic E-state index is 0.137. The van der Waals surface area contributed by atoms with E-state index < -0.39 is 28.5 Å². The monoisotopic (exact) mass is 551 g/mol. The second-order valence-electron chi connectivity index (χ2n) is 9.76. The molecule has 0 aliphatic rings. The van der Waals surface area contributed by atoms with Crippen LogP contribution in [0, 0.1) is 6.92 Å². The normalized spacial score (nSPS) is 12.1. The number of benzene rings is 3. The van der Waals surface area contributed by atoms with E-state index in [1.54, 1.807) is 24.3 Å². The van der Waals surface area contributed by atoms with E-state index in [9.17, 15) is 18.0 Å². The van der Waals surface area contributed by atoms with Crippen LogP contribution in [0.15, 0.2) is 78.9 Å². The molecular formula is C30H37N3O5S. The molecule has 9 heteroatoms. The van der Waals surface area contributed by atoms with Gasteiger partial charge in [-0.25, -0.2) is 8.42 Å². The maximum absolute atomic E-state index is 14.1. The highest BCUT2D eigenvalue weighted by Crippen LogP contribution is 2.30. The number of amides is 2. The maximum atomic E-state index is 14.1. The summed E-state index contributed by atoms with van der Waals surface area (Å²) in [6.45, 7) is 5.30. The molecule has 3 aromatic carbocycles. The van der Waals surface area contributed by atoms with Crippen LogP contribution >= 0.6 is 0 Å². The van der Waals surface area contributed by atoms with Crippen molar-refractivity contribution in [3.63, 3.8) is 0 Å². The zero-order valence-electron chi connectivity index (χ0n) is 23.1. The molecule has 1 atom stereocenters. The fraction of sp³-hybridized carbons (Fsp3) is 0.333. The minimum Gasteiger partial charge on any atom is -0.495 e. The highest BCUT2D eigenvalue weighted by atomic mass is 32.2. The van der Waals surface area contributed by atoms with Gasteiger partial charge in [0.1, 0.15) is 18.3 Å². The number of methoxy groups -OCH3 is 1. The average molecular weight is 552 g/mol. The van der Waals surface area contributed by atoms with E-state index >= 15 is 0 Å². The number of aryl methyl sites for hydroxylation is 1. The smallest absolute Gasteiger partial charge is 0.244 e. The van der Waals surface area contributed by atoms with E-state index in [2.05, 4.69) is 5.32 Å². The zero-order chi connectivity index (χ0) is 28.6. The number of ether oxygens (including phenoxy) is 1. The number of nitrogens with zero attached hydrogens (tertiary/aromatic N) is 2. The van der Waals surface area contributed by atoms with Crippen LogP contribution < -0.4 is 14.4 Å². The van der Waals surface area contributed by atoms with Crippen LogP contribution in [0.4, 0.5) is 5.69 Å². The summed E-state index contributed by atoms with van der Waals surface area (Å²) in [6, 6.07) is 22.7. The number of carbonyl (C=O) groups excluding carboxylic acids is 2. The second kappa shape index (κ2) is 13.3. The third kappa shape index (κ3) is 8.07. The standard InChI is InChI=1S/C30H37N3O5S/c1-22(2)31-30(35)27(19-24-14-7-6-8-15-24)32(20-25-16-10-9-13-23(25)3)29(34)21-33(39(5,36)37)26-17-11-12-18-28(26)38-4/h6-18,22,27H,19-21H2,1-5H3,(H,31,35)/t27-/m0/s1. The van der Waals surface area contributed by atoms with Crippen molar-refractivity contribution in [1.29, 1.82) is 0 Å². The zero-order valence-corrected chi connectivity index (χ0v) is 23.9. The summed E-state index contributed by atoms with van der Waals surface area (Å²) in [7, 11) is -2.44. The van der Waals surface area contributed by atoms with Crippen molar-refractivity contribution in [3.8, 4) is 5.75 Å². The molecular weight excluding hydrogens is 514 g/mol. The van der Waals surface area contributed by atoms with Gasteiger partial charge in [0.25, 0.3) is 0 Å². The van der Waals surface area contributed by atoms with Crippen LogP contribution in [0.5, 0.6) is 5.75 Å². The molecule has 2 amide bonds. The van der Waals surface area contributed by atoms with Gasteiger partial charge >= 0.3 is 0 Å². The lowest BCUT2D eigenvalue weighted by Crippen LogP contribution is -2.54. The SMILES string of the molecule is COc1ccccc1N(CC(=O)N(Cc1ccccc1C)[C@@H](Cc1ccccc1)C(=O)NC(C)C)S(C)(=O)=O. The van der Waals surface area contributed by atoms with Gasteiger partial charge < -0.3 is 15.0 Å². The van der Waals surface area contributed by atoms with E-state index in [1.165, 1.54) is 12.0 Å². The molecule has 0 aromatic heterocycles. The van der Waals surface area contributed by atoms with Crippen LogP contribution in [0.2, 0.25) is 0 Å². The molecule has 0 fully saturated rings. The molecule has 0 radical (unpaired) electrons. The van der Waals surface area contributed by atoms with Crippen molar-refractivity contribution < 1.29 is 22.7 Å². The van der Waals surface area contributed by atoms with Gasteiger partial charge in [-0.1, -0.05) is 66.7 Å². The maximum Gasteiger partial charge on any atom is 0.244 e. The van der Waals surface area contributed by atoms with Gasteiger partial charge in [0.15, 0.2) is 0 Å². The summed E-state index contributed by atoms with van der Waals surface area (Å²) in [4.78, 5) is 29.2. The van der Waals surface area contributed by atoms with Gasteiger partial charge in [0.05, 0.1) is 19.1 Å². The van der Waals surface area contributed by atoms with Crippen molar-refractivity contribution in [2.24, 2.45) is 0 Å². The molecule has 0 saturated heterocycles. The lowest BCUT2D eigenvalue weighted by Gasteiger charge is -2.34. The lowest BCUT2D eigenvalue weighted by atomic mass is 10.0. The number of sulfonamides is 1. The molecule has 8 nitrogen and oxygen atoms in total. The van der Waals surface area contributed by atoms with Crippen LogP contribution in [0.25, 0.3) is 0 Å². The van der Waals surface area contributed by atoms with Crippen LogP contribution in [-0.2, 0) is 32.6 Å². The van der Waals surface area contributed by atoms with Gasteiger partial charge in [-0.15, -0.1) is 0 Å². The molecule has 1 N–H and O–H groups in total. The number of hydrogen-bond acceptors (Lipinski definition) is 5. The first kappa shape index (κ1) is 29.7. The predicted octanol–water partition coefficient (Wildman–Crippen LogP) is 3.93. The highest BCUT2D eigenvalue weighted by molar-refractivity contribution is 7.92. The quantitative estimate of drug-likeness (QED) is 0.368. The van der Waals surface area contributed by atoms with Crippen LogP contribution in [-0.4, -0.2) is 57.1 Å². The van der Waals surface area contributed by atoms with E-state index in [-0.39, 0.29) is 30.6 Å². The first-order valence-corrected chi connectivity index (χ1v) is 14.6. The summed E-state index contributed by atoms with van der Waals surface area (Å²) in [5.41, 5.74) is 2.96. The van der Waals surface area contributed by atoms with Crippen molar-refractivity contribution >= 4 is 27.5 Å². The first-order valence-electron chi connectivity index (χ1n) is 12.8. The molecule has 0 spiro atoms. The number of carbonyl (C=O) groups is 2. The van der Waals surface area contributed by atoms with Gasteiger partial charge in [-0.05, 0) is 49.6 Å². The Hall–Kier alpha value is -3.85. The molecule has 208 valence electrons. The number of hydrogen-bond donors (Lipinski definition) is 1. The van der Waals surface area contributed by atoms with Crippen molar-refractivity contribution in [3.05, 3.63) is 95.6 Å². The third-order valence-electron chi connectivity index (χ3n) is 6.34. The molecule has 0 unspecified atom stereocenters. The summed E-state index contributed by atoms with van der Waals surface area (Å²) >= 11 is 0. The number of rotatable bonds is 12. The molecule has 0 heterocycles. The molecule has 0 aliphatic heterocycles. The van der Waals surface area contributed by atoms with Gasteiger partial charge in [0, 0.05) is 19.0 Å². The van der Waals surface area contributed by atoms with Crippen LogP contribution in [0.1, 0.15) is 30.5 Å². The Morgan fingerprint density at radius 2 is 1.54 bits per heavy atom. The van der Waals surface area contributed by atoms with Crippen molar-refractivity contribution in [2.75, 3.05) is 24.2 Å². The molecule has 3 rings (SSSR count). The Labute approximate surface area is 231 Å². The van der Waals surface area contributed by atoms with Crippen molar-refractivity contribution in [2.45, 2.75) is 45.8 Å². The summed E-state index contributed by atoms with van der Waals surface area (Å²) < 4.78 is 32.3. The lowest BCUT2D eigenvalue weighted by molar-refractivity contribution is -0.140. The van der Waals surface area contributed by atoms with Gasteiger partial charge in [0.2, 0.25) is 21.8 Å². The highest BCUT2D eigenvalue weighted by Gasteiger charge is 2.34. The summed E-state index contributed by atoms with van der Waals surface area (Å²) in [6.07, 6.45) is 1.32. The van der Waals surface area contributed by atoms with E-state index in [4.69, 9.17) is 4.74 Å². The third-order valence-corrected chi connectivity index (χ3v) is 7.46. The largest absolute Gasteiger partial charge is 0.495 e. The fourth-order valence-corrected chi connectivity index (χ4v) is 5.19. The number of anilines is 1. The molecule has 0 aliphatic carbocycles. The van der Waals surface area contributed by atoms with Gasteiger partial charge in [-0.3, -0.25) is 13.9 Å². The van der Waals surface area contributed by atoms with Crippen LogP contribution in [0.3, 0.4) is 0 Å². The topological polar surface area (TPSA) is 96.0 Å². The van der Waals surface area contributed by atoms with Gasteiger partial charge in [-0.2, -0.15) is 0 Å². The Bertz CT molecular complexity index is 1380. The Kier molecular flexibility index (Phi) is 10.1. The molecule has 39 heavy (non-hydrogen) atoms.